The highest BCUT2D eigenvalue weighted by molar-refractivity contribution is 5.99. The van der Waals surface area contributed by atoms with E-state index in [1.165, 1.54) is 17.0 Å². The van der Waals surface area contributed by atoms with E-state index in [0.29, 0.717) is 16.9 Å². The van der Waals surface area contributed by atoms with Crippen LogP contribution in [0.1, 0.15) is 15.9 Å². The zero-order valence-electron chi connectivity index (χ0n) is 20.5. The maximum atomic E-state index is 13.6. The van der Waals surface area contributed by atoms with Gasteiger partial charge in [-0.05, 0) is 42.0 Å². The summed E-state index contributed by atoms with van der Waals surface area (Å²) >= 11 is 0. The molecular weight excluding hydrogens is 479 g/mol. The third kappa shape index (κ3) is 5.84. The van der Waals surface area contributed by atoms with Gasteiger partial charge in [-0.15, -0.1) is 0 Å². The number of halogens is 1. The second-order valence-electron chi connectivity index (χ2n) is 8.72. The molecule has 5 rings (SSSR count). The highest BCUT2D eigenvalue weighted by atomic mass is 19.1. The van der Waals surface area contributed by atoms with Gasteiger partial charge in [-0.2, -0.15) is 0 Å². The Kier molecular flexibility index (Phi) is 7.36. The highest BCUT2D eigenvalue weighted by Gasteiger charge is 2.21. The van der Waals surface area contributed by atoms with E-state index in [1.807, 2.05) is 66.7 Å². The van der Waals surface area contributed by atoms with Crippen molar-refractivity contribution in [3.63, 3.8) is 0 Å². The van der Waals surface area contributed by atoms with Crippen LogP contribution in [0.25, 0.3) is 16.9 Å². The predicted molar refractivity (Wildman–Crippen MR) is 145 cm³/mol. The van der Waals surface area contributed by atoms with E-state index >= 15 is 0 Å². The number of imidazole rings is 1. The molecule has 0 saturated carbocycles. The number of nitrogens with zero attached hydrogens (tertiary/aromatic N) is 3. The monoisotopic (exact) mass is 504 g/mol. The fourth-order valence-electron chi connectivity index (χ4n) is 4.12. The van der Waals surface area contributed by atoms with E-state index in [0.717, 1.165) is 11.1 Å². The lowest BCUT2D eigenvalue weighted by Gasteiger charge is -2.22. The minimum absolute atomic E-state index is 0.181. The van der Waals surface area contributed by atoms with Crippen molar-refractivity contribution in [3.8, 4) is 16.9 Å². The lowest BCUT2D eigenvalue weighted by molar-refractivity contribution is -0.117. The minimum Gasteiger partial charge on any atom is -0.325 e. The Morgan fingerprint density at radius 3 is 2.05 bits per heavy atom. The molecule has 1 aromatic heterocycles. The number of nitrogens with one attached hydrogen (secondary N) is 1. The molecule has 0 aliphatic rings. The number of carbonyl (C=O) groups is 2. The Labute approximate surface area is 220 Å². The molecule has 0 saturated heterocycles. The van der Waals surface area contributed by atoms with Gasteiger partial charge in [0.15, 0.2) is 0 Å². The van der Waals surface area contributed by atoms with Crippen LogP contribution in [-0.2, 0) is 11.3 Å². The molecule has 0 fully saturated rings. The van der Waals surface area contributed by atoms with Crippen LogP contribution in [0.15, 0.2) is 121 Å². The van der Waals surface area contributed by atoms with Crippen molar-refractivity contribution in [2.24, 2.45) is 0 Å². The van der Waals surface area contributed by atoms with Crippen molar-refractivity contribution in [1.29, 1.82) is 0 Å². The second-order valence-corrected chi connectivity index (χ2v) is 8.72. The standard InChI is InChI=1S/C31H25FN4O2/c32-26-16-18-27(19-17-26)36-21-28(24-12-6-2-7-13-24)33-31(36)34-29(37)22-35(20-23-10-4-1-5-11-23)30(38)25-14-8-3-9-15-25/h1-19,21H,20,22H2,(H,33,34,37). The minimum atomic E-state index is -0.404. The number of benzene rings is 4. The summed E-state index contributed by atoms with van der Waals surface area (Å²) in [4.78, 5) is 32.8. The third-order valence-electron chi connectivity index (χ3n) is 5.99. The summed E-state index contributed by atoms with van der Waals surface area (Å²) < 4.78 is 15.3. The molecule has 1 N–H and O–H groups in total. The van der Waals surface area contributed by atoms with E-state index in [4.69, 9.17) is 0 Å². The topological polar surface area (TPSA) is 67.2 Å². The average Bonchev–Trinajstić information content (AvgIpc) is 3.37. The summed E-state index contributed by atoms with van der Waals surface area (Å²) in [6.07, 6.45) is 1.79. The Hall–Kier alpha value is -5.04. The first kappa shape index (κ1) is 24.6. The molecule has 7 heteroatoms. The molecule has 0 bridgehead atoms. The highest BCUT2D eigenvalue weighted by Crippen LogP contribution is 2.24. The van der Waals surface area contributed by atoms with Gasteiger partial charge in [-0.1, -0.05) is 78.9 Å². The predicted octanol–water partition coefficient (Wildman–Crippen LogP) is 5.96. The van der Waals surface area contributed by atoms with E-state index in [2.05, 4.69) is 10.3 Å². The van der Waals surface area contributed by atoms with Gasteiger partial charge in [0, 0.05) is 29.6 Å². The number of rotatable bonds is 8. The number of amides is 2. The molecule has 2 amide bonds. The molecule has 0 atom stereocenters. The molecule has 0 spiro atoms. The van der Waals surface area contributed by atoms with Gasteiger partial charge < -0.3 is 4.90 Å². The van der Waals surface area contributed by atoms with Crippen LogP contribution in [0, 0.1) is 5.82 Å². The molecule has 6 nitrogen and oxygen atoms in total. The van der Waals surface area contributed by atoms with Crippen molar-refractivity contribution in [2.75, 3.05) is 11.9 Å². The van der Waals surface area contributed by atoms with Gasteiger partial charge in [-0.3, -0.25) is 19.5 Å². The largest absolute Gasteiger partial charge is 0.325 e. The molecule has 188 valence electrons. The lowest BCUT2D eigenvalue weighted by Crippen LogP contribution is -2.38. The van der Waals surface area contributed by atoms with E-state index < -0.39 is 5.91 Å². The molecule has 38 heavy (non-hydrogen) atoms. The molecular formula is C31H25FN4O2. The summed E-state index contributed by atoms with van der Waals surface area (Å²) in [6.45, 7) is 0.0865. The van der Waals surface area contributed by atoms with Crippen molar-refractivity contribution in [1.82, 2.24) is 14.5 Å². The Morgan fingerprint density at radius 2 is 1.39 bits per heavy atom. The molecule has 4 aromatic carbocycles. The molecule has 0 aliphatic heterocycles. The zero-order valence-corrected chi connectivity index (χ0v) is 20.5. The van der Waals surface area contributed by atoms with Gasteiger partial charge in [0.05, 0.1) is 5.69 Å². The summed E-state index contributed by atoms with van der Waals surface area (Å²) in [7, 11) is 0. The average molecular weight is 505 g/mol. The SMILES string of the molecule is O=C(CN(Cc1ccccc1)C(=O)c1ccccc1)Nc1nc(-c2ccccc2)cn1-c1ccc(F)cc1. The normalized spacial score (nSPS) is 10.7. The number of hydrogen-bond donors (Lipinski definition) is 1. The number of hydrogen-bond acceptors (Lipinski definition) is 3. The number of anilines is 1. The van der Waals surface area contributed by atoms with Crippen LogP contribution in [0.4, 0.5) is 10.3 Å². The van der Waals surface area contributed by atoms with E-state index in [1.54, 1.807) is 47.2 Å². The van der Waals surface area contributed by atoms with Gasteiger partial charge in [0.2, 0.25) is 11.9 Å². The van der Waals surface area contributed by atoms with Crippen molar-refractivity contribution < 1.29 is 14.0 Å². The summed E-state index contributed by atoms with van der Waals surface area (Å²) in [5.74, 6) is -0.749. The first-order valence-electron chi connectivity index (χ1n) is 12.2. The van der Waals surface area contributed by atoms with E-state index in [9.17, 15) is 14.0 Å². The zero-order chi connectivity index (χ0) is 26.3. The molecule has 0 radical (unpaired) electrons. The van der Waals surface area contributed by atoms with Crippen LogP contribution in [0.2, 0.25) is 0 Å². The van der Waals surface area contributed by atoms with Crippen molar-refractivity contribution >= 4 is 17.8 Å². The molecule has 5 aromatic rings. The smallest absolute Gasteiger partial charge is 0.254 e. The number of carbonyl (C=O) groups excluding carboxylic acids is 2. The fraction of sp³-hybridized carbons (Fsp3) is 0.0645. The summed E-state index contributed by atoms with van der Waals surface area (Å²) in [5.41, 5.74) is 3.55. The third-order valence-corrected chi connectivity index (χ3v) is 5.99. The lowest BCUT2D eigenvalue weighted by atomic mass is 10.1. The summed E-state index contributed by atoms with van der Waals surface area (Å²) in [6, 6.07) is 33.9. The van der Waals surface area contributed by atoms with Crippen molar-refractivity contribution in [2.45, 2.75) is 6.54 Å². The van der Waals surface area contributed by atoms with Crippen LogP contribution in [-0.4, -0.2) is 32.8 Å². The quantitative estimate of drug-likeness (QED) is 0.284. The first-order valence-corrected chi connectivity index (χ1v) is 12.2. The maximum absolute atomic E-state index is 13.6. The van der Waals surface area contributed by atoms with Crippen LogP contribution in [0.3, 0.4) is 0 Å². The van der Waals surface area contributed by atoms with Crippen molar-refractivity contribution in [3.05, 3.63) is 138 Å². The van der Waals surface area contributed by atoms with Gasteiger partial charge in [0.1, 0.15) is 12.4 Å². The Morgan fingerprint density at radius 1 is 0.789 bits per heavy atom. The maximum Gasteiger partial charge on any atom is 0.254 e. The fourth-order valence-corrected chi connectivity index (χ4v) is 4.12. The van der Waals surface area contributed by atoms with Gasteiger partial charge in [0.25, 0.3) is 5.91 Å². The Bertz CT molecular complexity index is 1520. The molecule has 0 aliphatic carbocycles. The van der Waals surface area contributed by atoms with Crippen LogP contribution in [0.5, 0.6) is 0 Å². The van der Waals surface area contributed by atoms with E-state index in [-0.39, 0.29) is 30.8 Å². The van der Waals surface area contributed by atoms with Gasteiger partial charge in [-0.25, -0.2) is 9.37 Å². The molecule has 0 unspecified atom stereocenters. The molecule has 1 heterocycles. The second kappa shape index (κ2) is 11.3. The Balaban J connectivity index is 1.43. The first-order chi connectivity index (χ1) is 18.6. The number of aromatic nitrogens is 2. The van der Waals surface area contributed by atoms with Gasteiger partial charge >= 0.3 is 0 Å². The van der Waals surface area contributed by atoms with Crippen LogP contribution >= 0.6 is 0 Å². The van der Waals surface area contributed by atoms with Crippen LogP contribution < -0.4 is 5.32 Å². The summed E-state index contributed by atoms with van der Waals surface area (Å²) in [5, 5.41) is 2.86.